The van der Waals surface area contributed by atoms with E-state index in [4.69, 9.17) is 24.7 Å². The minimum Gasteiger partial charge on any atom is -0.507 e. The second-order valence-corrected chi connectivity index (χ2v) is 15.3. The van der Waals surface area contributed by atoms with Gasteiger partial charge in [0.25, 0.3) is 0 Å². The smallest absolute Gasteiger partial charge is 0.129 e. The van der Waals surface area contributed by atoms with Gasteiger partial charge in [0, 0.05) is 98.2 Å². The van der Waals surface area contributed by atoms with Gasteiger partial charge in [-0.15, -0.1) is 0 Å². The molecule has 316 valence electrons. The van der Waals surface area contributed by atoms with Crippen molar-refractivity contribution in [1.29, 1.82) is 0 Å². The third-order valence-corrected chi connectivity index (χ3v) is 11.3. The molecule has 0 saturated carbocycles. The summed E-state index contributed by atoms with van der Waals surface area (Å²) in [6, 6.07) is 55.7. The molecule has 0 unspecified atom stereocenters. The molecule has 0 heterocycles. The molecule has 0 aliphatic heterocycles. The number of rotatable bonds is 10. The van der Waals surface area contributed by atoms with Crippen molar-refractivity contribution in [3.8, 4) is 34.5 Å². The Morgan fingerprint density at radius 3 is 0.866 bits per heavy atom. The summed E-state index contributed by atoms with van der Waals surface area (Å²) in [5.41, 5.74) is 4.07. The van der Waals surface area contributed by atoms with Crippen LogP contribution in [-0.2, 0) is 39.0 Å². The van der Waals surface area contributed by atoms with E-state index in [-0.39, 0.29) is 62.0 Å². The maximum atomic E-state index is 11.0. The number of aliphatic imine (C=N–C) groups is 4. The van der Waals surface area contributed by atoms with Crippen LogP contribution in [0.2, 0.25) is 0 Å². The summed E-state index contributed by atoms with van der Waals surface area (Å²) >= 11 is 0. The van der Waals surface area contributed by atoms with Crippen LogP contribution in [0.5, 0.6) is 34.5 Å². The maximum Gasteiger partial charge on any atom is 0.129 e. The first kappa shape index (κ1) is 45.7. The van der Waals surface area contributed by atoms with E-state index in [9.17, 15) is 20.4 Å². The summed E-state index contributed by atoms with van der Waals surface area (Å²) in [7, 11) is 0. The average Bonchev–Trinajstić information content (AvgIpc) is 3.33. The van der Waals surface area contributed by atoms with Gasteiger partial charge in [0.1, 0.15) is 34.5 Å². The summed E-state index contributed by atoms with van der Waals surface area (Å²) in [4.78, 5) is 19.4. The summed E-state index contributed by atoms with van der Waals surface area (Å²) in [5, 5.41) is 50.9. The van der Waals surface area contributed by atoms with Crippen molar-refractivity contribution in [3.05, 3.63) is 204 Å². The topological polar surface area (TPSA) is 140 Å². The van der Waals surface area contributed by atoms with E-state index < -0.39 is 0 Å². The molecule has 0 saturated heterocycles. The number of phenolic OH excluding ortho intramolecular Hbond substituents is 4. The first-order chi connectivity index (χ1) is 31.9. The van der Waals surface area contributed by atoms with Crippen molar-refractivity contribution >= 4 is 90.7 Å². The molecule has 9 nitrogen and oxygen atoms in total. The van der Waals surface area contributed by atoms with Crippen LogP contribution < -0.4 is 4.74 Å². The predicted octanol–water partition coefficient (Wildman–Crippen LogP) is 13.9. The Hall–Kier alpha value is -7.83. The molecule has 0 amide bonds. The first-order valence-corrected chi connectivity index (χ1v) is 20.8. The standard InChI is InChI=1S/C56H38N4O5.2Zn/c61-53-25-17-35-9-1-5-13-41(35)45(53)31-57-49-23-21-39(29-51(49)59-33-47-43-15-7-3-11-37(43)19-27-55(47)63)65-40-22-24-50(58-32-46-42-14-6-2-10-36(42)18-26-54(46)62)52(30-40)60-34-48-44-16-8-4-12-38(44)20-28-56(48)64;;/h1-34,61-64H;;. The summed E-state index contributed by atoms with van der Waals surface area (Å²) in [5.74, 6) is 1.21. The van der Waals surface area contributed by atoms with Crippen LogP contribution in [0.4, 0.5) is 22.7 Å². The third-order valence-electron chi connectivity index (χ3n) is 11.3. The number of benzene rings is 10. The zero-order valence-electron chi connectivity index (χ0n) is 36.0. The van der Waals surface area contributed by atoms with Crippen LogP contribution in [0.25, 0.3) is 43.1 Å². The number of nitrogens with zero attached hydrogens (tertiary/aromatic N) is 4. The molecule has 0 aromatic heterocycles. The predicted molar refractivity (Wildman–Crippen MR) is 264 cm³/mol. The summed E-state index contributed by atoms with van der Waals surface area (Å²) < 4.78 is 6.51. The molecule has 67 heavy (non-hydrogen) atoms. The molecule has 0 aliphatic rings. The van der Waals surface area contributed by atoms with Gasteiger partial charge in [0.05, 0.1) is 22.7 Å². The van der Waals surface area contributed by atoms with Crippen LogP contribution >= 0.6 is 0 Å². The summed E-state index contributed by atoms with van der Waals surface area (Å²) in [6.45, 7) is 0. The second-order valence-electron chi connectivity index (χ2n) is 15.3. The van der Waals surface area contributed by atoms with Gasteiger partial charge in [0.15, 0.2) is 0 Å². The second kappa shape index (κ2) is 20.1. The fourth-order valence-corrected chi connectivity index (χ4v) is 7.91. The molecular formula is C56H38N4O5Zn2. The number of phenols is 4. The number of hydrogen-bond donors (Lipinski definition) is 4. The largest absolute Gasteiger partial charge is 0.507 e. The van der Waals surface area contributed by atoms with Crippen LogP contribution in [-0.4, -0.2) is 45.3 Å². The first-order valence-electron chi connectivity index (χ1n) is 20.8. The molecule has 10 aromatic rings. The van der Waals surface area contributed by atoms with E-state index in [1.807, 2.05) is 121 Å². The molecule has 0 aliphatic carbocycles. The van der Waals surface area contributed by atoms with Crippen molar-refractivity contribution in [2.24, 2.45) is 20.0 Å². The van der Waals surface area contributed by atoms with Gasteiger partial charge in [-0.3, -0.25) is 20.0 Å². The van der Waals surface area contributed by atoms with E-state index in [0.29, 0.717) is 56.5 Å². The van der Waals surface area contributed by atoms with Crippen molar-refractivity contribution in [2.75, 3.05) is 0 Å². The molecule has 10 rings (SSSR count). The molecule has 0 radical (unpaired) electrons. The van der Waals surface area contributed by atoms with Crippen molar-refractivity contribution < 1.29 is 64.1 Å². The minimum atomic E-state index is 0. The molecule has 0 spiro atoms. The van der Waals surface area contributed by atoms with Crippen molar-refractivity contribution in [1.82, 2.24) is 0 Å². The molecule has 0 atom stereocenters. The van der Waals surface area contributed by atoms with Gasteiger partial charge in [-0.1, -0.05) is 121 Å². The fraction of sp³-hybridized carbons (Fsp3) is 0. The van der Waals surface area contributed by atoms with Gasteiger partial charge < -0.3 is 25.2 Å². The number of aromatic hydroxyl groups is 4. The summed E-state index contributed by atoms with van der Waals surface area (Å²) in [6.07, 6.45) is 6.47. The monoisotopic (exact) mass is 974 g/mol. The molecule has 11 heteroatoms. The minimum absolute atomic E-state index is 0. The molecule has 10 aromatic carbocycles. The maximum absolute atomic E-state index is 11.0. The normalized spacial score (nSPS) is 11.6. The Morgan fingerprint density at radius 2 is 0.567 bits per heavy atom. The molecule has 0 bridgehead atoms. The Balaban J connectivity index is 0.00000304. The van der Waals surface area contributed by atoms with Gasteiger partial charge in [0.2, 0.25) is 0 Å². The van der Waals surface area contributed by atoms with Crippen LogP contribution in [0.15, 0.2) is 202 Å². The van der Waals surface area contributed by atoms with Crippen molar-refractivity contribution in [2.45, 2.75) is 0 Å². The molecule has 0 fully saturated rings. The van der Waals surface area contributed by atoms with Crippen LogP contribution in [0.1, 0.15) is 22.3 Å². The average molecular weight is 978 g/mol. The van der Waals surface area contributed by atoms with E-state index in [1.165, 1.54) is 0 Å². The Labute approximate surface area is 411 Å². The molecular weight excluding hydrogens is 939 g/mol. The van der Waals surface area contributed by atoms with Gasteiger partial charge in [-0.2, -0.15) is 0 Å². The zero-order valence-corrected chi connectivity index (χ0v) is 42.0. The SMILES string of the molecule is Oc1ccc2ccccc2c1C=Nc1ccc(Oc2ccc(N=Cc3c(O)ccc4ccccc34)c(N=Cc3c(O)ccc4ccccc34)c2)cc1N=Cc1c(O)ccc2ccccc12.[Zn].[Zn]. The van der Waals surface area contributed by atoms with Crippen molar-refractivity contribution in [3.63, 3.8) is 0 Å². The Kier molecular flexibility index (Phi) is 13.7. The van der Waals surface area contributed by atoms with Gasteiger partial charge in [-0.05, 0) is 91.6 Å². The Morgan fingerprint density at radius 1 is 0.299 bits per heavy atom. The number of hydrogen-bond acceptors (Lipinski definition) is 9. The Bertz CT molecular complexity index is 3370. The third kappa shape index (κ3) is 9.61. The van der Waals surface area contributed by atoms with Gasteiger partial charge in [-0.25, -0.2) is 0 Å². The quantitative estimate of drug-likeness (QED) is 0.0798. The molecule has 4 N–H and O–H groups in total. The zero-order chi connectivity index (χ0) is 44.3. The fourth-order valence-electron chi connectivity index (χ4n) is 7.91. The van der Waals surface area contributed by atoms with E-state index >= 15 is 0 Å². The van der Waals surface area contributed by atoms with E-state index in [1.54, 1.807) is 85.5 Å². The number of ether oxygens (including phenoxy) is 1. The van der Waals surface area contributed by atoms with Crippen LogP contribution in [0.3, 0.4) is 0 Å². The van der Waals surface area contributed by atoms with Gasteiger partial charge >= 0.3 is 0 Å². The van der Waals surface area contributed by atoms with E-state index in [0.717, 1.165) is 43.1 Å². The van der Waals surface area contributed by atoms with E-state index in [2.05, 4.69) is 0 Å². The number of fused-ring (bicyclic) bond motifs is 4. The van der Waals surface area contributed by atoms with Crippen LogP contribution in [0, 0.1) is 0 Å².